The average Bonchev–Trinajstić information content (AvgIpc) is 2.83. The van der Waals surface area contributed by atoms with E-state index in [4.69, 9.17) is 0 Å². The molecule has 20 heavy (non-hydrogen) atoms. The Hall–Kier alpha value is -2.02. The van der Waals surface area contributed by atoms with Gasteiger partial charge in [0.15, 0.2) is 0 Å². The van der Waals surface area contributed by atoms with Gasteiger partial charge in [0.2, 0.25) is 5.91 Å². The standard InChI is InChI=1S/C13H16N4O2S/c1-9-4-2-3-5-10(9)20-8-12(18)14-7-6-11-15-13(19)17-16-11/h2-5H,6-8H2,1H3,(H,14,18)(H2,15,16,17,19). The summed E-state index contributed by atoms with van der Waals surface area (Å²) in [5, 5.41) is 8.84. The van der Waals surface area contributed by atoms with Gasteiger partial charge in [-0.1, -0.05) is 18.2 Å². The highest BCUT2D eigenvalue weighted by Crippen LogP contribution is 2.21. The van der Waals surface area contributed by atoms with E-state index < -0.39 is 0 Å². The maximum absolute atomic E-state index is 11.7. The van der Waals surface area contributed by atoms with Crippen LogP contribution in [0, 0.1) is 6.92 Å². The number of amides is 1. The normalized spacial score (nSPS) is 10.4. The Morgan fingerprint density at radius 1 is 1.40 bits per heavy atom. The lowest BCUT2D eigenvalue weighted by Crippen LogP contribution is -2.27. The van der Waals surface area contributed by atoms with Crippen LogP contribution in [0.4, 0.5) is 0 Å². The molecule has 7 heteroatoms. The summed E-state index contributed by atoms with van der Waals surface area (Å²) in [6.45, 7) is 2.47. The van der Waals surface area contributed by atoms with Gasteiger partial charge in [0.25, 0.3) is 0 Å². The number of aromatic amines is 2. The highest BCUT2D eigenvalue weighted by molar-refractivity contribution is 8.00. The minimum Gasteiger partial charge on any atom is -0.355 e. The summed E-state index contributed by atoms with van der Waals surface area (Å²) >= 11 is 1.51. The van der Waals surface area contributed by atoms with Crippen LogP contribution in [0.1, 0.15) is 11.4 Å². The van der Waals surface area contributed by atoms with Crippen LogP contribution in [-0.4, -0.2) is 33.4 Å². The Kier molecular flexibility index (Phi) is 5.00. The topological polar surface area (TPSA) is 90.6 Å². The highest BCUT2D eigenvalue weighted by Gasteiger charge is 2.05. The lowest BCUT2D eigenvalue weighted by atomic mass is 10.2. The molecule has 1 heterocycles. The van der Waals surface area contributed by atoms with Crippen molar-refractivity contribution in [2.24, 2.45) is 0 Å². The molecule has 0 aliphatic heterocycles. The minimum absolute atomic E-state index is 0.0314. The SMILES string of the molecule is Cc1ccccc1SCC(=O)NCCc1n[nH]c(=O)[nH]1. The van der Waals surface area contributed by atoms with Crippen molar-refractivity contribution in [3.63, 3.8) is 0 Å². The number of nitrogens with zero attached hydrogens (tertiary/aromatic N) is 1. The van der Waals surface area contributed by atoms with Gasteiger partial charge in [0, 0.05) is 17.9 Å². The smallest absolute Gasteiger partial charge is 0.340 e. The van der Waals surface area contributed by atoms with Crippen molar-refractivity contribution in [1.82, 2.24) is 20.5 Å². The molecule has 0 spiro atoms. The molecule has 3 N–H and O–H groups in total. The predicted octanol–water partition coefficient (Wildman–Crippen LogP) is 0.857. The van der Waals surface area contributed by atoms with Crippen molar-refractivity contribution in [2.75, 3.05) is 12.3 Å². The van der Waals surface area contributed by atoms with Gasteiger partial charge >= 0.3 is 5.69 Å². The molecular weight excluding hydrogens is 276 g/mol. The van der Waals surface area contributed by atoms with Gasteiger partial charge < -0.3 is 5.32 Å². The average molecular weight is 292 g/mol. The summed E-state index contributed by atoms with van der Waals surface area (Å²) < 4.78 is 0. The van der Waals surface area contributed by atoms with Crippen molar-refractivity contribution in [2.45, 2.75) is 18.2 Å². The van der Waals surface area contributed by atoms with Gasteiger partial charge in [-0.15, -0.1) is 11.8 Å². The van der Waals surface area contributed by atoms with Crippen molar-refractivity contribution in [1.29, 1.82) is 0 Å². The zero-order valence-corrected chi connectivity index (χ0v) is 11.9. The minimum atomic E-state index is -0.332. The Labute approximate surface area is 120 Å². The zero-order valence-electron chi connectivity index (χ0n) is 11.1. The van der Waals surface area contributed by atoms with Crippen LogP contribution < -0.4 is 11.0 Å². The fourth-order valence-electron chi connectivity index (χ4n) is 1.66. The molecule has 2 aromatic rings. The molecule has 2 rings (SSSR count). The third-order valence-electron chi connectivity index (χ3n) is 2.69. The van der Waals surface area contributed by atoms with E-state index in [2.05, 4.69) is 20.5 Å². The number of benzene rings is 1. The molecule has 0 aliphatic carbocycles. The van der Waals surface area contributed by atoms with E-state index >= 15 is 0 Å². The van der Waals surface area contributed by atoms with E-state index in [0.717, 1.165) is 4.90 Å². The maximum atomic E-state index is 11.7. The van der Waals surface area contributed by atoms with E-state index in [0.29, 0.717) is 24.5 Å². The number of nitrogens with one attached hydrogen (secondary N) is 3. The van der Waals surface area contributed by atoms with Gasteiger partial charge in [0.1, 0.15) is 5.82 Å². The third-order valence-corrected chi connectivity index (χ3v) is 3.86. The summed E-state index contributed by atoms with van der Waals surface area (Å²) in [5.74, 6) is 0.889. The van der Waals surface area contributed by atoms with Gasteiger partial charge in [-0.05, 0) is 18.6 Å². The van der Waals surface area contributed by atoms with Gasteiger partial charge in [-0.3, -0.25) is 9.78 Å². The summed E-state index contributed by atoms with van der Waals surface area (Å²) in [6, 6.07) is 7.96. The van der Waals surface area contributed by atoms with Crippen LogP contribution in [-0.2, 0) is 11.2 Å². The molecule has 0 fully saturated rings. The molecule has 0 aliphatic rings. The maximum Gasteiger partial charge on any atom is 0.340 e. The summed E-state index contributed by atoms with van der Waals surface area (Å²) in [7, 11) is 0. The number of H-pyrrole nitrogens is 2. The quantitative estimate of drug-likeness (QED) is 0.689. The lowest BCUT2D eigenvalue weighted by molar-refractivity contribution is -0.118. The van der Waals surface area contributed by atoms with Crippen molar-refractivity contribution < 1.29 is 4.79 Å². The van der Waals surface area contributed by atoms with Crippen LogP contribution >= 0.6 is 11.8 Å². The number of carbonyl (C=O) groups excluding carboxylic acids is 1. The summed E-state index contributed by atoms with van der Waals surface area (Å²) in [4.78, 5) is 26.2. The van der Waals surface area contributed by atoms with E-state index in [9.17, 15) is 9.59 Å². The molecule has 1 amide bonds. The molecule has 0 radical (unpaired) electrons. The van der Waals surface area contributed by atoms with Crippen LogP contribution in [0.3, 0.4) is 0 Å². The number of hydrogen-bond donors (Lipinski definition) is 3. The van der Waals surface area contributed by atoms with E-state index in [1.807, 2.05) is 31.2 Å². The third kappa shape index (κ3) is 4.27. The number of thioether (sulfide) groups is 1. The Balaban J connectivity index is 1.71. The predicted molar refractivity (Wildman–Crippen MR) is 77.8 cm³/mol. The number of aryl methyl sites for hydroxylation is 1. The van der Waals surface area contributed by atoms with Crippen molar-refractivity contribution in [3.8, 4) is 0 Å². The van der Waals surface area contributed by atoms with E-state index in [1.165, 1.54) is 17.3 Å². The molecule has 0 unspecified atom stereocenters. The van der Waals surface area contributed by atoms with E-state index in [-0.39, 0.29) is 11.6 Å². The van der Waals surface area contributed by atoms with Gasteiger partial charge in [-0.2, -0.15) is 5.10 Å². The van der Waals surface area contributed by atoms with Crippen LogP contribution in [0.5, 0.6) is 0 Å². The number of aromatic nitrogens is 3. The van der Waals surface area contributed by atoms with Crippen LogP contribution in [0.2, 0.25) is 0 Å². The molecule has 0 saturated carbocycles. The molecule has 0 saturated heterocycles. The molecule has 1 aromatic heterocycles. The first-order chi connectivity index (χ1) is 9.65. The first kappa shape index (κ1) is 14.4. The fourth-order valence-corrected chi connectivity index (χ4v) is 2.52. The summed E-state index contributed by atoms with van der Waals surface area (Å²) in [5.41, 5.74) is 0.834. The van der Waals surface area contributed by atoms with Crippen LogP contribution in [0.15, 0.2) is 34.0 Å². The zero-order chi connectivity index (χ0) is 14.4. The molecular formula is C13H16N4O2S. The molecule has 106 valence electrons. The van der Waals surface area contributed by atoms with Crippen molar-refractivity contribution >= 4 is 17.7 Å². The molecule has 6 nitrogen and oxygen atoms in total. The largest absolute Gasteiger partial charge is 0.355 e. The summed E-state index contributed by atoms with van der Waals surface area (Å²) in [6.07, 6.45) is 0.500. The number of rotatable bonds is 6. The highest BCUT2D eigenvalue weighted by atomic mass is 32.2. The Morgan fingerprint density at radius 2 is 2.20 bits per heavy atom. The van der Waals surface area contributed by atoms with E-state index in [1.54, 1.807) is 0 Å². The lowest BCUT2D eigenvalue weighted by Gasteiger charge is -2.06. The first-order valence-electron chi connectivity index (χ1n) is 6.24. The molecule has 0 bridgehead atoms. The van der Waals surface area contributed by atoms with Crippen LogP contribution in [0.25, 0.3) is 0 Å². The second kappa shape index (κ2) is 6.95. The molecule has 0 atom stereocenters. The van der Waals surface area contributed by atoms with Crippen molar-refractivity contribution in [3.05, 3.63) is 46.1 Å². The monoisotopic (exact) mass is 292 g/mol. The Bertz CT molecular complexity index is 635. The second-order valence-corrected chi connectivity index (χ2v) is 5.30. The second-order valence-electron chi connectivity index (χ2n) is 4.28. The van der Waals surface area contributed by atoms with Gasteiger partial charge in [0.05, 0.1) is 5.75 Å². The molecule has 1 aromatic carbocycles. The number of hydrogen-bond acceptors (Lipinski definition) is 4. The Morgan fingerprint density at radius 3 is 2.90 bits per heavy atom. The fraction of sp³-hybridized carbons (Fsp3) is 0.308. The van der Waals surface area contributed by atoms with Gasteiger partial charge in [-0.25, -0.2) is 9.89 Å². The first-order valence-corrected chi connectivity index (χ1v) is 7.22. The number of carbonyl (C=O) groups is 1.